The number of hydrogen-bond acceptors (Lipinski definition) is 4. The number of nitrogens with one attached hydrogen (secondary N) is 2. The summed E-state index contributed by atoms with van der Waals surface area (Å²) < 4.78 is 0. The first-order chi connectivity index (χ1) is 7.72. The fraction of sp³-hybridized carbons (Fsp3) is 0.750. The van der Waals surface area contributed by atoms with Crippen molar-refractivity contribution in [3.8, 4) is 0 Å². The van der Waals surface area contributed by atoms with E-state index in [-0.39, 0.29) is 0 Å². The monoisotopic (exact) mass is 241 g/mol. The van der Waals surface area contributed by atoms with E-state index in [0.29, 0.717) is 6.04 Å². The average molecular weight is 241 g/mol. The minimum absolute atomic E-state index is 0.628. The van der Waals surface area contributed by atoms with E-state index in [0.717, 1.165) is 31.1 Å². The zero-order chi connectivity index (χ0) is 11.8. The molecule has 92 valence electrons. The quantitative estimate of drug-likeness (QED) is 0.683. The van der Waals surface area contributed by atoms with Gasteiger partial charge in [0.25, 0.3) is 0 Å². The Morgan fingerprint density at radius 1 is 1.38 bits per heavy atom. The van der Waals surface area contributed by atoms with E-state index in [2.05, 4.69) is 41.8 Å². The Kier molecular flexibility index (Phi) is 6.61. The zero-order valence-electron chi connectivity index (χ0n) is 10.5. The van der Waals surface area contributed by atoms with Crippen molar-refractivity contribution in [1.82, 2.24) is 15.6 Å². The van der Waals surface area contributed by atoms with Gasteiger partial charge in [0.05, 0.1) is 10.7 Å². The molecular weight excluding hydrogens is 218 g/mol. The lowest BCUT2D eigenvalue weighted by Gasteiger charge is -2.11. The highest BCUT2D eigenvalue weighted by Gasteiger charge is 1.98. The van der Waals surface area contributed by atoms with Crippen molar-refractivity contribution in [3.05, 3.63) is 16.1 Å². The molecule has 0 spiro atoms. The Labute approximate surface area is 103 Å². The Bertz CT molecular complexity index is 286. The molecule has 3 nitrogen and oxygen atoms in total. The Morgan fingerprint density at radius 2 is 2.19 bits per heavy atom. The second-order valence-corrected chi connectivity index (χ2v) is 5.18. The van der Waals surface area contributed by atoms with Crippen LogP contribution in [0.4, 0.5) is 0 Å². The van der Waals surface area contributed by atoms with Crippen LogP contribution in [0.25, 0.3) is 0 Å². The smallest absolute Gasteiger partial charge is 0.0897 e. The number of aromatic nitrogens is 1. The van der Waals surface area contributed by atoms with Crippen LogP contribution in [0.3, 0.4) is 0 Å². The SMILES string of the molecule is CCC(C)NCCNCCc1csc(C)n1. The molecule has 0 radical (unpaired) electrons. The molecule has 0 bridgehead atoms. The fourth-order valence-electron chi connectivity index (χ4n) is 1.42. The topological polar surface area (TPSA) is 37.0 Å². The summed E-state index contributed by atoms with van der Waals surface area (Å²) in [4.78, 5) is 4.43. The van der Waals surface area contributed by atoms with Gasteiger partial charge in [0.1, 0.15) is 0 Å². The van der Waals surface area contributed by atoms with Gasteiger partial charge in [0.15, 0.2) is 0 Å². The summed E-state index contributed by atoms with van der Waals surface area (Å²) in [6.07, 6.45) is 2.23. The second-order valence-electron chi connectivity index (χ2n) is 4.12. The summed E-state index contributed by atoms with van der Waals surface area (Å²) in [5.41, 5.74) is 1.21. The van der Waals surface area contributed by atoms with Crippen molar-refractivity contribution in [3.63, 3.8) is 0 Å². The molecule has 0 saturated carbocycles. The standard InChI is InChI=1S/C12H23N3S/c1-4-10(2)14-8-7-13-6-5-12-9-16-11(3)15-12/h9-10,13-14H,4-8H2,1-3H3. The van der Waals surface area contributed by atoms with Crippen LogP contribution in [-0.2, 0) is 6.42 Å². The van der Waals surface area contributed by atoms with Crippen LogP contribution < -0.4 is 10.6 Å². The van der Waals surface area contributed by atoms with Gasteiger partial charge >= 0.3 is 0 Å². The summed E-state index contributed by atoms with van der Waals surface area (Å²) in [5.74, 6) is 0. The third kappa shape index (κ3) is 5.58. The largest absolute Gasteiger partial charge is 0.315 e. The number of aryl methyl sites for hydroxylation is 1. The van der Waals surface area contributed by atoms with E-state index < -0.39 is 0 Å². The summed E-state index contributed by atoms with van der Waals surface area (Å²) in [6, 6.07) is 0.628. The number of thiazole rings is 1. The van der Waals surface area contributed by atoms with Gasteiger partial charge in [-0.3, -0.25) is 0 Å². The molecule has 0 aliphatic heterocycles. The van der Waals surface area contributed by atoms with Crippen molar-refractivity contribution in [2.24, 2.45) is 0 Å². The van der Waals surface area contributed by atoms with Gasteiger partial charge in [0, 0.05) is 37.5 Å². The molecular formula is C12H23N3S. The first-order valence-corrected chi connectivity index (χ1v) is 6.95. The maximum absolute atomic E-state index is 4.43. The highest BCUT2D eigenvalue weighted by Crippen LogP contribution is 2.07. The fourth-order valence-corrected chi connectivity index (χ4v) is 2.06. The van der Waals surface area contributed by atoms with Gasteiger partial charge in [-0.15, -0.1) is 11.3 Å². The van der Waals surface area contributed by atoms with Gasteiger partial charge in [-0.1, -0.05) is 6.92 Å². The Hall–Kier alpha value is -0.450. The molecule has 1 rings (SSSR count). The zero-order valence-corrected chi connectivity index (χ0v) is 11.4. The highest BCUT2D eigenvalue weighted by atomic mass is 32.1. The van der Waals surface area contributed by atoms with Crippen molar-refractivity contribution in [1.29, 1.82) is 0 Å². The van der Waals surface area contributed by atoms with Crippen LogP contribution in [0.5, 0.6) is 0 Å². The maximum Gasteiger partial charge on any atom is 0.0897 e. The average Bonchev–Trinajstić information content (AvgIpc) is 2.69. The van der Waals surface area contributed by atoms with Crippen LogP contribution in [0.2, 0.25) is 0 Å². The minimum Gasteiger partial charge on any atom is -0.315 e. The van der Waals surface area contributed by atoms with Gasteiger partial charge in [-0.25, -0.2) is 4.98 Å². The molecule has 0 amide bonds. The summed E-state index contributed by atoms with van der Waals surface area (Å²) in [6.45, 7) is 9.58. The van der Waals surface area contributed by atoms with Crippen LogP contribution in [-0.4, -0.2) is 30.7 Å². The van der Waals surface area contributed by atoms with E-state index in [9.17, 15) is 0 Å². The Balaban J connectivity index is 1.96. The number of rotatable bonds is 8. The van der Waals surface area contributed by atoms with Crippen LogP contribution in [0, 0.1) is 6.92 Å². The highest BCUT2D eigenvalue weighted by molar-refractivity contribution is 7.09. The third-order valence-electron chi connectivity index (χ3n) is 2.63. The first-order valence-electron chi connectivity index (χ1n) is 6.07. The van der Waals surface area contributed by atoms with E-state index >= 15 is 0 Å². The molecule has 0 fully saturated rings. The number of nitrogens with zero attached hydrogens (tertiary/aromatic N) is 1. The predicted octanol–water partition coefficient (Wildman–Crippen LogP) is 1.97. The lowest BCUT2D eigenvalue weighted by molar-refractivity contribution is 0.517. The van der Waals surface area contributed by atoms with Gasteiger partial charge in [0.2, 0.25) is 0 Å². The Morgan fingerprint density at radius 3 is 2.81 bits per heavy atom. The molecule has 1 heterocycles. The van der Waals surface area contributed by atoms with Crippen LogP contribution in [0.15, 0.2) is 5.38 Å². The van der Waals surface area contributed by atoms with Crippen molar-refractivity contribution in [2.45, 2.75) is 39.7 Å². The van der Waals surface area contributed by atoms with E-state index in [1.165, 1.54) is 12.1 Å². The molecule has 1 aromatic rings. The van der Waals surface area contributed by atoms with Crippen molar-refractivity contribution < 1.29 is 0 Å². The molecule has 0 saturated heterocycles. The summed E-state index contributed by atoms with van der Waals surface area (Å²) >= 11 is 1.73. The predicted molar refractivity (Wildman–Crippen MR) is 71.2 cm³/mol. The molecule has 1 atom stereocenters. The van der Waals surface area contributed by atoms with E-state index in [1.54, 1.807) is 11.3 Å². The molecule has 0 aliphatic carbocycles. The maximum atomic E-state index is 4.43. The summed E-state index contributed by atoms with van der Waals surface area (Å²) in [5, 5.41) is 10.2. The molecule has 0 aromatic carbocycles. The van der Waals surface area contributed by atoms with Crippen LogP contribution in [0.1, 0.15) is 31.0 Å². The lowest BCUT2D eigenvalue weighted by atomic mass is 10.2. The third-order valence-corrected chi connectivity index (χ3v) is 3.45. The molecule has 1 unspecified atom stereocenters. The first kappa shape index (κ1) is 13.6. The molecule has 0 aliphatic rings. The van der Waals surface area contributed by atoms with Crippen molar-refractivity contribution in [2.75, 3.05) is 19.6 Å². The molecule has 16 heavy (non-hydrogen) atoms. The molecule has 4 heteroatoms. The number of hydrogen-bond donors (Lipinski definition) is 2. The van der Waals surface area contributed by atoms with E-state index in [4.69, 9.17) is 0 Å². The lowest BCUT2D eigenvalue weighted by Crippen LogP contribution is -2.33. The summed E-state index contributed by atoms with van der Waals surface area (Å²) in [7, 11) is 0. The van der Waals surface area contributed by atoms with Gasteiger partial charge in [-0.2, -0.15) is 0 Å². The van der Waals surface area contributed by atoms with E-state index in [1.807, 2.05) is 0 Å². The minimum atomic E-state index is 0.628. The van der Waals surface area contributed by atoms with Gasteiger partial charge < -0.3 is 10.6 Å². The van der Waals surface area contributed by atoms with Gasteiger partial charge in [-0.05, 0) is 20.3 Å². The molecule has 2 N–H and O–H groups in total. The molecule has 1 aromatic heterocycles. The normalized spacial score (nSPS) is 12.9. The van der Waals surface area contributed by atoms with Crippen LogP contribution >= 0.6 is 11.3 Å². The second kappa shape index (κ2) is 7.76. The van der Waals surface area contributed by atoms with Crippen molar-refractivity contribution >= 4 is 11.3 Å².